The standard InChI is InChI=1S/C29H34N4O12S2/c1-4-23(47(41,42)43)33-27(35)22(25(31-33)29(37)45-6-3)16-14-20(19-11-8-7-9-12-19)13-15-21-24(28(36)44-5-2)30-32(26(21)34)17-10-18-46(38,39)40/h7-9,11-14,23,30H,4-6,10,15,17-18H2,1-3H3,(H,38,39,40)(H,41,42,43)/b20-13-. The lowest BCUT2D eigenvalue weighted by Gasteiger charge is -2.19. The summed E-state index contributed by atoms with van der Waals surface area (Å²) in [5.41, 5.74) is 1.77. The zero-order valence-electron chi connectivity index (χ0n) is 25.7. The van der Waals surface area contributed by atoms with E-state index >= 15 is 0 Å². The first-order valence-corrected chi connectivity index (χ1v) is 17.5. The average molecular weight is 695 g/mol. The molecule has 0 aliphatic carbocycles. The Bertz CT molecular complexity index is 1920. The van der Waals surface area contributed by atoms with Crippen LogP contribution in [0.15, 0.2) is 63.7 Å². The number of aromatic nitrogens is 2. The molecule has 47 heavy (non-hydrogen) atoms. The van der Waals surface area contributed by atoms with E-state index in [0.717, 1.165) is 4.68 Å². The van der Waals surface area contributed by atoms with Crippen molar-refractivity contribution in [1.82, 2.24) is 14.8 Å². The molecular weight excluding hydrogens is 660 g/mol. The number of carbonyl (C=O) groups is 3. The highest BCUT2D eigenvalue weighted by Crippen LogP contribution is 2.24. The summed E-state index contributed by atoms with van der Waals surface area (Å²) in [6, 6.07) is 8.54. The van der Waals surface area contributed by atoms with Crippen molar-refractivity contribution in [3.8, 4) is 0 Å². The Morgan fingerprint density at radius 1 is 1.02 bits per heavy atom. The monoisotopic (exact) mass is 694 g/mol. The summed E-state index contributed by atoms with van der Waals surface area (Å²) in [5, 5.41) is 5.18. The van der Waals surface area contributed by atoms with Gasteiger partial charge >= 0.3 is 11.9 Å². The van der Waals surface area contributed by atoms with Gasteiger partial charge in [-0.1, -0.05) is 43.3 Å². The number of carbonyl (C=O) groups excluding carboxylic acids is 3. The molecule has 3 N–H and O–H groups in total. The van der Waals surface area contributed by atoms with E-state index in [1.807, 2.05) is 0 Å². The van der Waals surface area contributed by atoms with Crippen LogP contribution in [0.1, 0.15) is 55.2 Å². The third kappa shape index (κ3) is 9.46. The van der Waals surface area contributed by atoms with Crippen LogP contribution in [0.3, 0.4) is 0 Å². The molecule has 0 bridgehead atoms. The van der Waals surface area contributed by atoms with Crippen molar-refractivity contribution < 1.29 is 49.8 Å². The lowest BCUT2D eigenvalue weighted by atomic mass is 10.0. The lowest BCUT2D eigenvalue weighted by molar-refractivity contribution is -0.135. The van der Waals surface area contributed by atoms with E-state index in [1.165, 1.54) is 26.0 Å². The van der Waals surface area contributed by atoms with Crippen molar-refractivity contribution in [2.45, 2.75) is 52.0 Å². The van der Waals surface area contributed by atoms with E-state index in [-0.39, 0.29) is 50.3 Å². The molecule has 16 nitrogen and oxygen atoms in total. The molecule has 0 radical (unpaired) electrons. The third-order valence-electron chi connectivity index (χ3n) is 6.62. The first-order chi connectivity index (χ1) is 22.1. The summed E-state index contributed by atoms with van der Waals surface area (Å²) in [7, 11) is -9.08. The van der Waals surface area contributed by atoms with Crippen molar-refractivity contribution >= 4 is 49.4 Å². The number of amides is 1. The number of H-pyrrole nitrogens is 1. The SMILES string of the molecule is CCOC(=O)C1=NN(C(CC)S(=O)(=O)O)C(=O)C1=C=C/C(=C/Cc1c(C(=O)OCC)[nH]n(CCCS(=O)(=O)O)c1=O)c1ccccc1. The highest BCUT2D eigenvalue weighted by Gasteiger charge is 2.42. The first-order valence-electron chi connectivity index (χ1n) is 14.3. The van der Waals surface area contributed by atoms with Crippen LogP contribution < -0.4 is 5.56 Å². The molecule has 18 heteroatoms. The number of hydrogen-bond donors (Lipinski definition) is 3. The van der Waals surface area contributed by atoms with Gasteiger partial charge in [-0.15, -0.1) is 5.73 Å². The van der Waals surface area contributed by atoms with Crippen LogP contribution in [0, 0.1) is 0 Å². The number of benzene rings is 1. The summed E-state index contributed by atoms with van der Waals surface area (Å²) in [6.45, 7) is 4.24. The Morgan fingerprint density at radius 3 is 2.23 bits per heavy atom. The number of hydrogen-bond acceptors (Lipinski definition) is 11. The van der Waals surface area contributed by atoms with Crippen molar-refractivity contribution in [2.75, 3.05) is 19.0 Å². The third-order valence-corrected chi connectivity index (χ3v) is 8.65. The fourth-order valence-corrected chi connectivity index (χ4v) is 5.81. The van der Waals surface area contributed by atoms with E-state index in [4.69, 9.17) is 14.0 Å². The second-order valence-electron chi connectivity index (χ2n) is 9.87. The molecule has 0 fully saturated rings. The van der Waals surface area contributed by atoms with Gasteiger partial charge in [-0.05, 0) is 50.3 Å². The van der Waals surface area contributed by atoms with E-state index < -0.39 is 66.1 Å². The zero-order chi connectivity index (χ0) is 34.9. The van der Waals surface area contributed by atoms with Crippen molar-refractivity contribution in [2.24, 2.45) is 5.10 Å². The maximum atomic E-state index is 13.3. The van der Waals surface area contributed by atoms with Crippen molar-refractivity contribution in [3.05, 3.63) is 81.0 Å². The fraction of sp³-hybridized carbons (Fsp3) is 0.379. The number of nitrogens with zero attached hydrogens (tertiary/aromatic N) is 3. The average Bonchev–Trinajstić information content (AvgIpc) is 3.48. The first kappa shape index (κ1) is 36.9. The molecule has 3 rings (SSSR count). The van der Waals surface area contributed by atoms with E-state index in [0.29, 0.717) is 16.1 Å². The molecule has 1 unspecified atom stereocenters. The Balaban J connectivity index is 2.15. The second-order valence-corrected chi connectivity index (χ2v) is 13.0. The Hall–Kier alpha value is -4.61. The summed E-state index contributed by atoms with van der Waals surface area (Å²) < 4.78 is 75.9. The van der Waals surface area contributed by atoms with Gasteiger partial charge in [0, 0.05) is 6.54 Å². The molecule has 1 aromatic heterocycles. The molecule has 1 atom stereocenters. The van der Waals surface area contributed by atoms with Crippen molar-refractivity contribution in [3.63, 3.8) is 0 Å². The molecular formula is C29H34N4O12S2. The van der Waals surface area contributed by atoms with Crippen LogP contribution in [-0.4, -0.2) is 88.6 Å². The topological polar surface area (TPSA) is 232 Å². The number of aromatic amines is 1. The summed E-state index contributed by atoms with van der Waals surface area (Å²) >= 11 is 0. The Kier molecular flexibility index (Phi) is 12.4. The minimum atomic E-state index is -4.79. The number of nitrogens with one attached hydrogen (secondary N) is 1. The van der Waals surface area contributed by atoms with Gasteiger partial charge in [0.15, 0.2) is 11.1 Å². The van der Waals surface area contributed by atoms with Gasteiger partial charge in [-0.25, -0.2) is 14.6 Å². The predicted molar refractivity (Wildman–Crippen MR) is 168 cm³/mol. The summed E-state index contributed by atoms with van der Waals surface area (Å²) in [6.07, 6.45) is 2.28. The van der Waals surface area contributed by atoms with Crippen LogP contribution in [0.2, 0.25) is 0 Å². The Morgan fingerprint density at radius 2 is 1.66 bits per heavy atom. The number of esters is 2. The van der Waals surface area contributed by atoms with Gasteiger partial charge in [0.25, 0.3) is 31.7 Å². The highest BCUT2D eigenvalue weighted by molar-refractivity contribution is 7.86. The van der Waals surface area contributed by atoms with Gasteiger partial charge in [0.2, 0.25) is 0 Å². The van der Waals surface area contributed by atoms with Crippen LogP contribution in [0.4, 0.5) is 0 Å². The second kappa shape index (κ2) is 15.8. The normalized spacial score (nSPS) is 14.4. The summed E-state index contributed by atoms with van der Waals surface area (Å²) in [5.74, 6) is -3.52. The van der Waals surface area contributed by atoms with Crippen LogP contribution >= 0.6 is 0 Å². The number of rotatable bonds is 15. The minimum absolute atomic E-state index is 0.00151. The Labute approximate surface area is 270 Å². The maximum Gasteiger partial charge on any atom is 0.360 e. The highest BCUT2D eigenvalue weighted by atomic mass is 32.2. The minimum Gasteiger partial charge on any atom is -0.461 e. The lowest BCUT2D eigenvalue weighted by Crippen LogP contribution is -2.39. The van der Waals surface area contributed by atoms with E-state index in [9.17, 15) is 40.6 Å². The van der Waals surface area contributed by atoms with Crippen LogP contribution in [0.25, 0.3) is 5.57 Å². The molecule has 2 aromatic rings. The molecule has 1 amide bonds. The molecule has 2 heterocycles. The predicted octanol–water partition coefficient (Wildman–Crippen LogP) is 1.72. The van der Waals surface area contributed by atoms with Crippen LogP contribution in [-0.2, 0) is 52.3 Å². The maximum absolute atomic E-state index is 13.3. The van der Waals surface area contributed by atoms with Crippen LogP contribution in [0.5, 0.6) is 0 Å². The molecule has 1 aliphatic rings. The molecule has 254 valence electrons. The van der Waals surface area contributed by atoms with Gasteiger partial charge in [0.1, 0.15) is 11.3 Å². The fourth-order valence-electron chi connectivity index (χ4n) is 4.50. The number of aryl methyl sites for hydroxylation is 1. The molecule has 0 saturated heterocycles. The van der Waals surface area contributed by atoms with Gasteiger partial charge < -0.3 is 9.47 Å². The molecule has 1 aliphatic heterocycles. The summed E-state index contributed by atoms with van der Waals surface area (Å²) in [4.78, 5) is 52.0. The zero-order valence-corrected chi connectivity index (χ0v) is 27.3. The molecule has 1 aromatic carbocycles. The van der Waals surface area contributed by atoms with Crippen molar-refractivity contribution in [1.29, 1.82) is 0 Å². The number of hydrazone groups is 1. The van der Waals surface area contributed by atoms with E-state index in [2.05, 4.69) is 15.9 Å². The van der Waals surface area contributed by atoms with Gasteiger partial charge in [-0.2, -0.15) is 21.9 Å². The number of ether oxygens (including phenoxy) is 2. The number of allylic oxidation sites excluding steroid dienone is 2. The molecule has 0 saturated carbocycles. The smallest absolute Gasteiger partial charge is 0.360 e. The van der Waals surface area contributed by atoms with Gasteiger partial charge in [0.05, 0.1) is 24.5 Å². The van der Waals surface area contributed by atoms with E-state index in [1.54, 1.807) is 37.3 Å². The largest absolute Gasteiger partial charge is 0.461 e. The molecule has 0 spiro atoms. The quantitative estimate of drug-likeness (QED) is 0.0795. The van der Waals surface area contributed by atoms with Gasteiger partial charge in [-0.3, -0.25) is 28.5 Å².